The van der Waals surface area contributed by atoms with Gasteiger partial charge in [-0.05, 0) is 49.6 Å². The SMILES string of the molecule is COCC1(C)COCCN1C[C@H]1CN[C@H](C)CN1CC(=O)N1CC(C)(C)c2ncc(Cc3ccc(F)cc3)cc21.Cl.Cl. The summed E-state index contributed by atoms with van der Waals surface area (Å²) in [7, 11) is 1.74. The van der Waals surface area contributed by atoms with Crippen molar-refractivity contribution < 1.29 is 18.7 Å². The van der Waals surface area contributed by atoms with E-state index in [0.29, 0.717) is 45.4 Å². The van der Waals surface area contributed by atoms with Crippen molar-refractivity contribution in [2.45, 2.75) is 57.2 Å². The normalized spacial score (nSPS) is 25.8. The van der Waals surface area contributed by atoms with E-state index in [0.717, 1.165) is 48.7 Å². The Morgan fingerprint density at radius 2 is 1.93 bits per heavy atom. The van der Waals surface area contributed by atoms with E-state index in [1.165, 1.54) is 12.1 Å². The van der Waals surface area contributed by atoms with Crippen LogP contribution in [-0.4, -0.2) is 105 Å². The molecule has 1 aromatic heterocycles. The Kier molecular flexibility index (Phi) is 11.8. The van der Waals surface area contributed by atoms with Gasteiger partial charge in [-0.1, -0.05) is 26.0 Å². The number of anilines is 1. The van der Waals surface area contributed by atoms with Gasteiger partial charge >= 0.3 is 0 Å². The van der Waals surface area contributed by atoms with Crippen LogP contribution < -0.4 is 10.2 Å². The predicted molar refractivity (Wildman–Crippen MR) is 169 cm³/mol. The minimum absolute atomic E-state index is 0. The summed E-state index contributed by atoms with van der Waals surface area (Å²) in [5, 5.41) is 3.63. The Hall–Kier alpha value is -1.85. The number of hydrogen-bond donors (Lipinski definition) is 1. The number of aromatic nitrogens is 1. The van der Waals surface area contributed by atoms with E-state index in [-0.39, 0.29) is 53.5 Å². The molecule has 3 aliphatic rings. The lowest BCUT2D eigenvalue weighted by molar-refractivity contribution is -0.122. The quantitative estimate of drug-likeness (QED) is 0.480. The van der Waals surface area contributed by atoms with Crippen LogP contribution in [0.25, 0.3) is 0 Å². The fourth-order valence-electron chi connectivity index (χ4n) is 6.44. The van der Waals surface area contributed by atoms with E-state index in [1.54, 1.807) is 19.2 Å². The zero-order chi connectivity index (χ0) is 28.5. The van der Waals surface area contributed by atoms with Crippen molar-refractivity contribution in [2.24, 2.45) is 0 Å². The molecule has 5 rings (SSSR count). The van der Waals surface area contributed by atoms with Crippen molar-refractivity contribution in [1.82, 2.24) is 20.1 Å². The number of benzene rings is 1. The van der Waals surface area contributed by atoms with Crippen LogP contribution in [-0.2, 0) is 26.1 Å². The van der Waals surface area contributed by atoms with Gasteiger partial charge in [-0.2, -0.15) is 0 Å². The number of ether oxygens (including phenoxy) is 2. The van der Waals surface area contributed by atoms with Crippen molar-refractivity contribution in [3.63, 3.8) is 0 Å². The van der Waals surface area contributed by atoms with E-state index in [9.17, 15) is 9.18 Å². The second kappa shape index (κ2) is 14.3. The number of morpholine rings is 1. The third-order valence-corrected chi connectivity index (χ3v) is 8.67. The van der Waals surface area contributed by atoms with Crippen molar-refractivity contribution in [3.8, 4) is 0 Å². The summed E-state index contributed by atoms with van der Waals surface area (Å²) in [6.07, 6.45) is 2.53. The van der Waals surface area contributed by atoms with E-state index in [1.807, 2.05) is 11.1 Å². The fraction of sp³-hybridized carbons (Fsp3) is 0.613. The first-order valence-corrected chi connectivity index (χ1v) is 14.4. The van der Waals surface area contributed by atoms with E-state index in [2.05, 4.69) is 48.9 Å². The Morgan fingerprint density at radius 3 is 2.64 bits per heavy atom. The van der Waals surface area contributed by atoms with Gasteiger partial charge in [-0.15, -0.1) is 24.8 Å². The number of fused-ring (bicyclic) bond motifs is 1. The summed E-state index contributed by atoms with van der Waals surface area (Å²) in [5.41, 5.74) is 3.47. The molecule has 234 valence electrons. The number of methoxy groups -OCH3 is 1. The molecule has 0 spiro atoms. The number of halogens is 3. The molecule has 2 saturated heterocycles. The molecule has 1 amide bonds. The second-order valence-electron chi connectivity index (χ2n) is 12.7. The van der Waals surface area contributed by atoms with Crippen molar-refractivity contribution in [3.05, 3.63) is 59.2 Å². The van der Waals surface area contributed by atoms with Gasteiger partial charge in [0, 0.05) is 63.5 Å². The number of carbonyl (C=O) groups is 1. The van der Waals surface area contributed by atoms with Gasteiger partial charge in [0.25, 0.3) is 0 Å². The molecular formula is C31H46Cl2FN5O3. The predicted octanol–water partition coefficient (Wildman–Crippen LogP) is 3.68. The van der Waals surface area contributed by atoms with Crippen molar-refractivity contribution in [1.29, 1.82) is 0 Å². The fourth-order valence-corrected chi connectivity index (χ4v) is 6.44. The Morgan fingerprint density at radius 1 is 1.19 bits per heavy atom. The molecular weight excluding hydrogens is 580 g/mol. The highest BCUT2D eigenvalue weighted by Gasteiger charge is 2.42. The van der Waals surface area contributed by atoms with Crippen LogP contribution in [0, 0.1) is 5.82 Å². The van der Waals surface area contributed by atoms with Crippen LogP contribution in [0.1, 0.15) is 44.5 Å². The topological polar surface area (TPSA) is 70.2 Å². The van der Waals surface area contributed by atoms with Crippen LogP contribution in [0.4, 0.5) is 10.1 Å². The molecule has 3 atom stereocenters. The van der Waals surface area contributed by atoms with Crippen LogP contribution in [0.3, 0.4) is 0 Å². The van der Waals surface area contributed by atoms with E-state index in [4.69, 9.17) is 14.5 Å². The Balaban J connectivity index is 0.00000242. The number of piperazine rings is 1. The number of carbonyl (C=O) groups excluding carboxylic acids is 1. The molecule has 0 saturated carbocycles. The average Bonchev–Trinajstić information content (AvgIpc) is 3.18. The number of nitrogens with one attached hydrogen (secondary N) is 1. The monoisotopic (exact) mass is 625 g/mol. The maximum atomic E-state index is 14.0. The summed E-state index contributed by atoms with van der Waals surface area (Å²) in [4.78, 5) is 25.6. The molecule has 0 aliphatic carbocycles. The van der Waals surface area contributed by atoms with Gasteiger partial charge < -0.3 is 19.7 Å². The number of pyridine rings is 1. The first-order valence-electron chi connectivity index (χ1n) is 14.4. The standard InChI is InChI=1S/C31H44FN5O3.2ClH/c1-22-16-35(26(15-33-22)17-36-10-11-40-21-31(36,4)20-39-5)18-28(38)37-19-30(2,3)29-27(37)13-24(14-34-29)12-23-6-8-25(32)9-7-23;;/h6-9,13-14,22,26,33H,10-12,15-21H2,1-5H3;2*1H/t22-,26-,31?;;/m1../s1. The van der Waals surface area contributed by atoms with Gasteiger partial charge in [-0.25, -0.2) is 4.39 Å². The first kappa shape index (κ1) is 34.6. The molecule has 1 N–H and O–H groups in total. The number of hydrogen-bond acceptors (Lipinski definition) is 7. The summed E-state index contributed by atoms with van der Waals surface area (Å²) in [5.74, 6) is -0.139. The molecule has 1 aromatic carbocycles. The molecule has 11 heteroatoms. The molecule has 3 aliphatic heterocycles. The molecule has 1 unspecified atom stereocenters. The van der Waals surface area contributed by atoms with Gasteiger partial charge in [0.2, 0.25) is 5.91 Å². The summed E-state index contributed by atoms with van der Waals surface area (Å²) in [6, 6.07) is 9.17. The number of nitrogens with zero attached hydrogens (tertiary/aromatic N) is 4. The lowest BCUT2D eigenvalue weighted by Crippen LogP contribution is -2.65. The van der Waals surface area contributed by atoms with E-state index >= 15 is 0 Å². The van der Waals surface area contributed by atoms with Gasteiger partial charge in [-0.3, -0.25) is 19.6 Å². The Labute approximate surface area is 262 Å². The highest BCUT2D eigenvalue weighted by Crippen LogP contribution is 2.40. The molecule has 2 aromatic rings. The molecule has 0 radical (unpaired) electrons. The second-order valence-corrected chi connectivity index (χ2v) is 12.7. The zero-order valence-electron chi connectivity index (χ0n) is 25.4. The third kappa shape index (κ3) is 7.62. The largest absolute Gasteiger partial charge is 0.383 e. The third-order valence-electron chi connectivity index (χ3n) is 8.67. The van der Waals surface area contributed by atoms with Gasteiger partial charge in [0.15, 0.2) is 0 Å². The minimum atomic E-state index is -0.244. The lowest BCUT2D eigenvalue weighted by atomic mass is 9.91. The summed E-state index contributed by atoms with van der Waals surface area (Å²) < 4.78 is 24.8. The number of rotatable bonds is 8. The molecule has 0 bridgehead atoms. The minimum Gasteiger partial charge on any atom is -0.383 e. The highest BCUT2D eigenvalue weighted by molar-refractivity contribution is 5.97. The van der Waals surface area contributed by atoms with Gasteiger partial charge in [0.1, 0.15) is 5.82 Å². The number of amides is 1. The molecule has 2 fully saturated rings. The highest BCUT2D eigenvalue weighted by atomic mass is 35.5. The summed E-state index contributed by atoms with van der Waals surface area (Å²) >= 11 is 0. The van der Waals surface area contributed by atoms with Crippen LogP contribution >= 0.6 is 24.8 Å². The molecule has 4 heterocycles. The van der Waals surface area contributed by atoms with Crippen molar-refractivity contribution in [2.75, 3.05) is 71.1 Å². The zero-order valence-corrected chi connectivity index (χ0v) is 27.0. The molecule has 42 heavy (non-hydrogen) atoms. The lowest BCUT2D eigenvalue weighted by Gasteiger charge is -2.48. The first-order chi connectivity index (χ1) is 19.1. The molecule has 8 nitrogen and oxygen atoms in total. The summed E-state index contributed by atoms with van der Waals surface area (Å²) in [6.45, 7) is 14.9. The smallest absolute Gasteiger partial charge is 0.241 e. The average molecular weight is 627 g/mol. The van der Waals surface area contributed by atoms with Gasteiger partial charge in [0.05, 0.1) is 43.3 Å². The van der Waals surface area contributed by atoms with Crippen LogP contribution in [0.15, 0.2) is 36.5 Å². The van der Waals surface area contributed by atoms with E-state index < -0.39 is 0 Å². The maximum Gasteiger partial charge on any atom is 0.241 e. The Bertz CT molecular complexity index is 1200. The van der Waals surface area contributed by atoms with Crippen LogP contribution in [0.5, 0.6) is 0 Å². The van der Waals surface area contributed by atoms with Crippen molar-refractivity contribution >= 4 is 36.4 Å². The van der Waals surface area contributed by atoms with Crippen LogP contribution in [0.2, 0.25) is 0 Å². The maximum absolute atomic E-state index is 14.0.